The fraction of sp³-hybridized carbons (Fsp3) is 0.571. The average molecular weight is 771 g/mol. The largest absolute Gasteiger partial charge is 0.508 e. The monoisotopic (exact) mass is 771 g/mol. The summed E-state index contributed by atoms with van der Waals surface area (Å²) in [5.41, 5.74) is 3.92. The van der Waals surface area contributed by atoms with Crippen LogP contribution in [0.2, 0.25) is 0 Å². The van der Waals surface area contributed by atoms with Crippen LogP contribution >= 0.6 is 0 Å². The van der Waals surface area contributed by atoms with E-state index in [4.69, 9.17) is 19.3 Å². The van der Waals surface area contributed by atoms with Crippen LogP contribution in [0.4, 0.5) is 0 Å². The summed E-state index contributed by atoms with van der Waals surface area (Å²) in [6.45, 7) is 26.0. The second-order valence-electron chi connectivity index (χ2n) is 17.6. The molecule has 1 N–H and O–H groups in total. The fourth-order valence-electron chi connectivity index (χ4n) is 6.79. The predicted molar refractivity (Wildman–Crippen MR) is 228 cm³/mol. The lowest BCUT2D eigenvalue weighted by atomic mass is 9.85. The van der Waals surface area contributed by atoms with Crippen molar-refractivity contribution in [2.24, 2.45) is 10.8 Å². The molecule has 0 spiro atoms. The lowest BCUT2D eigenvalue weighted by Gasteiger charge is -2.36. The van der Waals surface area contributed by atoms with Crippen LogP contribution in [0.1, 0.15) is 176 Å². The van der Waals surface area contributed by atoms with Crippen LogP contribution in [-0.2, 0) is 28.6 Å². The number of hydrogen-bond acceptors (Lipinski definition) is 7. The molecule has 1 aliphatic heterocycles. The van der Waals surface area contributed by atoms with Crippen LogP contribution in [0, 0.1) is 10.8 Å². The Morgan fingerprint density at radius 3 is 1.77 bits per heavy atom. The van der Waals surface area contributed by atoms with E-state index < -0.39 is 17.4 Å². The molecule has 7 nitrogen and oxygen atoms in total. The molecule has 0 bridgehead atoms. The highest BCUT2D eigenvalue weighted by Gasteiger charge is 2.37. The molecule has 56 heavy (non-hydrogen) atoms. The van der Waals surface area contributed by atoms with E-state index in [0.717, 1.165) is 25.7 Å². The first-order chi connectivity index (χ1) is 26.2. The van der Waals surface area contributed by atoms with Crippen molar-refractivity contribution in [1.82, 2.24) is 0 Å². The SMILES string of the molecule is CC1c2cccc3cccc(c23)C1C.CCC(C)(C)C(=O)OC1(C)CCCCC1.CCC(C)(C)C(=O)OC1=C(C)C(C)OC1=O.CCC(C)c1ccc(O)cc1. The normalized spacial score (nSPS) is 20.3. The molecule has 1 fully saturated rings. The van der Waals surface area contributed by atoms with Crippen LogP contribution in [0.15, 0.2) is 72.0 Å². The summed E-state index contributed by atoms with van der Waals surface area (Å²) in [6, 6.07) is 20.8. The van der Waals surface area contributed by atoms with Crippen molar-refractivity contribution in [3.63, 3.8) is 0 Å². The molecule has 0 radical (unpaired) electrons. The van der Waals surface area contributed by atoms with Crippen LogP contribution < -0.4 is 0 Å². The number of carbonyl (C=O) groups excluding carboxylic acids is 3. The Labute approximate surface area is 337 Å². The van der Waals surface area contributed by atoms with E-state index >= 15 is 0 Å². The van der Waals surface area contributed by atoms with Crippen molar-refractivity contribution < 1.29 is 33.7 Å². The van der Waals surface area contributed by atoms with Gasteiger partial charge in [0.05, 0.1) is 10.8 Å². The number of cyclic esters (lactones) is 1. The number of aromatic hydroxyl groups is 1. The molecule has 7 heteroatoms. The minimum Gasteiger partial charge on any atom is -0.508 e. The van der Waals surface area contributed by atoms with Gasteiger partial charge < -0.3 is 19.3 Å². The number of benzene rings is 3. The van der Waals surface area contributed by atoms with Gasteiger partial charge >= 0.3 is 17.9 Å². The van der Waals surface area contributed by atoms with Crippen LogP contribution in [0.25, 0.3) is 10.8 Å². The highest BCUT2D eigenvalue weighted by molar-refractivity contribution is 5.94. The van der Waals surface area contributed by atoms with Gasteiger partial charge in [0.2, 0.25) is 5.76 Å². The number of carbonyl (C=O) groups is 3. The molecular weight excluding hydrogens is 701 g/mol. The molecule has 0 amide bonds. The van der Waals surface area contributed by atoms with Gasteiger partial charge in [-0.25, -0.2) is 4.79 Å². The highest BCUT2D eigenvalue weighted by Crippen LogP contribution is 2.46. The summed E-state index contributed by atoms with van der Waals surface area (Å²) in [7, 11) is 0. The van der Waals surface area contributed by atoms with Gasteiger partial charge in [-0.3, -0.25) is 9.59 Å². The Kier molecular flexibility index (Phi) is 16.4. The summed E-state index contributed by atoms with van der Waals surface area (Å²) < 4.78 is 15.8. The highest BCUT2D eigenvalue weighted by atomic mass is 16.6. The summed E-state index contributed by atoms with van der Waals surface area (Å²) in [5.74, 6) is 1.37. The maximum absolute atomic E-state index is 11.9. The third-order valence-corrected chi connectivity index (χ3v) is 12.5. The first-order valence-corrected chi connectivity index (χ1v) is 20.9. The Bertz CT molecular complexity index is 1770. The van der Waals surface area contributed by atoms with Crippen LogP contribution in [0.3, 0.4) is 0 Å². The van der Waals surface area contributed by atoms with Crippen molar-refractivity contribution in [2.45, 2.75) is 171 Å². The minimum absolute atomic E-state index is 0.0330. The van der Waals surface area contributed by atoms with Crippen molar-refractivity contribution in [2.75, 3.05) is 0 Å². The molecular formula is C49H70O7. The van der Waals surface area contributed by atoms with Gasteiger partial charge in [-0.05, 0) is 151 Å². The first-order valence-electron chi connectivity index (χ1n) is 20.9. The van der Waals surface area contributed by atoms with E-state index in [2.05, 4.69) is 71.0 Å². The zero-order valence-corrected chi connectivity index (χ0v) is 36.6. The van der Waals surface area contributed by atoms with E-state index in [1.165, 1.54) is 46.7 Å². The van der Waals surface area contributed by atoms with Gasteiger partial charge in [0.25, 0.3) is 0 Å². The number of rotatable bonds is 8. The number of esters is 3. The fourth-order valence-corrected chi connectivity index (χ4v) is 6.79. The number of phenols is 1. The standard InChI is InChI=1S/C14H14.C13H24O2.C12H18O4.C10H14O/c1-9-10(2)13-8-4-6-11-5-3-7-12(9)14(11)13;1-5-12(2,3)11(14)15-13(4)9-7-6-8-10-13;1-6-12(4,5)11(14)16-9-7(2)8(3)15-10(9)13;1-3-8(2)9-4-6-10(11)7-5-9/h3-10H,1-2H3;5-10H2,1-4H3;8H,6H2,1-5H3;4-8,11H,3H2,1-2H3. The maximum atomic E-state index is 11.9. The quantitative estimate of drug-likeness (QED) is 0.180. The van der Waals surface area contributed by atoms with E-state index in [9.17, 15) is 14.4 Å². The molecule has 1 heterocycles. The van der Waals surface area contributed by atoms with Crippen molar-refractivity contribution >= 4 is 28.7 Å². The molecule has 3 aromatic rings. The Morgan fingerprint density at radius 2 is 1.32 bits per heavy atom. The molecule has 3 aliphatic rings. The lowest BCUT2D eigenvalue weighted by Crippen LogP contribution is -2.38. The zero-order chi connectivity index (χ0) is 42.0. The maximum Gasteiger partial charge on any atom is 0.375 e. The van der Waals surface area contributed by atoms with E-state index in [1.54, 1.807) is 39.8 Å². The molecule has 1 saturated carbocycles. The lowest BCUT2D eigenvalue weighted by molar-refractivity contribution is -0.172. The topological polar surface area (TPSA) is 99.1 Å². The van der Waals surface area contributed by atoms with Gasteiger partial charge in [0, 0.05) is 5.57 Å². The molecule has 308 valence electrons. The second kappa shape index (κ2) is 19.8. The third kappa shape index (κ3) is 11.7. The summed E-state index contributed by atoms with van der Waals surface area (Å²) >= 11 is 0. The predicted octanol–water partition coefficient (Wildman–Crippen LogP) is 12.8. The smallest absolute Gasteiger partial charge is 0.375 e. The van der Waals surface area contributed by atoms with Crippen molar-refractivity contribution in [3.05, 3.63) is 88.7 Å². The Hall–Kier alpha value is -4.13. The molecule has 4 atom stereocenters. The molecule has 6 rings (SSSR count). The average Bonchev–Trinajstić information content (AvgIpc) is 3.57. The van der Waals surface area contributed by atoms with Gasteiger partial charge in [-0.2, -0.15) is 0 Å². The van der Waals surface area contributed by atoms with Crippen LogP contribution in [-0.4, -0.2) is 34.7 Å². The van der Waals surface area contributed by atoms with E-state index in [0.29, 0.717) is 35.5 Å². The number of hydrogen-bond donors (Lipinski definition) is 1. The summed E-state index contributed by atoms with van der Waals surface area (Å²) in [4.78, 5) is 35.1. The second-order valence-corrected chi connectivity index (χ2v) is 17.6. The van der Waals surface area contributed by atoms with E-state index in [-0.39, 0.29) is 28.8 Å². The summed E-state index contributed by atoms with van der Waals surface area (Å²) in [6.07, 6.45) is 8.05. The molecule has 2 aliphatic carbocycles. The Balaban J connectivity index is 0.000000202. The molecule has 0 saturated heterocycles. The summed E-state index contributed by atoms with van der Waals surface area (Å²) in [5, 5.41) is 11.9. The van der Waals surface area contributed by atoms with E-state index in [1.807, 2.05) is 39.8 Å². The van der Waals surface area contributed by atoms with Gasteiger partial charge in [-0.15, -0.1) is 0 Å². The molecule has 0 aromatic heterocycles. The van der Waals surface area contributed by atoms with Crippen molar-refractivity contribution in [1.29, 1.82) is 0 Å². The van der Waals surface area contributed by atoms with Gasteiger partial charge in [-0.1, -0.05) is 96.5 Å². The number of phenolic OH excluding ortho intramolecular Hbond substituents is 1. The number of ether oxygens (including phenoxy) is 3. The van der Waals surface area contributed by atoms with Gasteiger partial charge in [0.15, 0.2) is 0 Å². The molecule has 3 aromatic carbocycles. The minimum atomic E-state index is -0.584. The third-order valence-electron chi connectivity index (χ3n) is 12.5. The van der Waals surface area contributed by atoms with Gasteiger partial charge in [0.1, 0.15) is 17.5 Å². The first kappa shape index (κ1) is 46.3. The Morgan fingerprint density at radius 1 is 0.821 bits per heavy atom. The van der Waals surface area contributed by atoms with Crippen LogP contribution in [0.5, 0.6) is 5.75 Å². The van der Waals surface area contributed by atoms with Crippen molar-refractivity contribution in [3.8, 4) is 5.75 Å². The molecule has 4 unspecified atom stereocenters. The zero-order valence-electron chi connectivity index (χ0n) is 36.6.